The fourth-order valence-corrected chi connectivity index (χ4v) is 14.5. The van der Waals surface area contributed by atoms with Gasteiger partial charge in [0, 0.05) is 81.7 Å². The molecule has 7 nitrogen and oxygen atoms in total. The van der Waals surface area contributed by atoms with E-state index >= 15 is 14.4 Å². The number of pyridine rings is 3. The summed E-state index contributed by atoms with van der Waals surface area (Å²) in [4.78, 5) is 49.0. The Labute approximate surface area is 513 Å². The molecule has 0 unspecified atom stereocenters. The largest absolute Gasteiger partial charge is 0.309 e. The molecule has 0 aliphatic heterocycles. The highest BCUT2D eigenvalue weighted by Gasteiger charge is 2.30. The van der Waals surface area contributed by atoms with E-state index in [-0.39, 0.29) is 48.8 Å². The minimum Gasteiger partial charge on any atom is -0.309 e. The molecule has 15 rings (SSSR count). The Morgan fingerprint density at radius 1 is 0.216 bits per heavy atom. The van der Waals surface area contributed by atoms with Gasteiger partial charge in [0.05, 0.1) is 49.7 Å². The smallest absolute Gasteiger partial charge is 0.197 e. The van der Waals surface area contributed by atoms with E-state index in [2.05, 4.69) is 252 Å². The van der Waals surface area contributed by atoms with E-state index in [9.17, 15) is 0 Å². The lowest BCUT2D eigenvalue weighted by atomic mass is 9.85. The van der Waals surface area contributed by atoms with Crippen LogP contribution in [0.4, 0.5) is 0 Å². The molecule has 7 heteroatoms. The monoisotopic (exact) mass is 1150 g/mol. The summed E-state index contributed by atoms with van der Waals surface area (Å²) >= 11 is 0. The third kappa shape index (κ3) is 7.96. The van der Waals surface area contributed by atoms with E-state index in [4.69, 9.17) is 0 Å². The van der Waals surface area contributed by atoms with Crippen molar-refractivity contribution in [3.63, 3.8) is 0 Å². The minimum atomic E-state index is -0.234. The number of hydrogen-bond donors (Lipinski definition) is 0. The van der Waals surface area contributed by atoms with E-state index in [1.165, 1.54) is 33.4 Å². The van der Waals surface area contributed by atoms with Crippen molar-refractivity contribution in [2.24, 2.45) is 0 Å². The number of rotatable bonds is 3. The van der Waals surface area contributed by atoms with Crippen LogP contribution in [0.25, 0.3) is 131 Å². The summed E-state index contributed by atoms with van der Waals surface area (Å²) in [5.74, 6) is 0. The second-order valence-electron chi connectivity index (χ2n) is 31.9. The van der Waals surface area contributed by atoms with Gasteiger partial charge in [0.1, 0.15) is 0 Å². The Bertz CT molecular complexity index is 4860. The predicted molar refractivity (Wildman–Crippen MR) is 375 cm³/mol. The van der Waals surface area contributed by atoms with Crippen LogP contribution < -0.4 is 16.3 Å². The van der Waals surface area contributed by atoms with Gasteiger partial charge < -0.3 is 18.1 Å². The zero-order valence-corrected chi connectivity index (χ0v) is 54.4. The molecule has 0 radical (unpaired) electrons. The molecule has 440 valence electrons. The molecule has 88 heavy (non-hydrogen) atoms. The van der Waals surface area contributed by atoms with Gasteiger partial charge in [0.2, 0.25) is 0 Å². The van der Waals surface area contributed by atoms with Crippen LogP contribution in [0.2, 0.25) is 0 Å². The quantitative estimate of drug-likeness (QED) is 0.131. The summed E-state index contributed by atoms with van der Waals surface area (Å²) in [5, 5.41) is 9.14. The van der Waals surface area contributed by atoms with Crippen LogP contribution in [0.5, 0.6) is 0 Å². The van der Waals surface area contributed by atoms with Crippen molar-refractivity contribution in [3.05, 3.63) is 210 Å². The van der Waals surface area contributed by atoms with Gasteiger partial charge in [-0.3, -0.25) is 14.4 Å². The lowest BCUT2D eigenvalue weighted by molar-refractivity contribution is 0.590. The van der Waals surface area contributed by atoms with Crippen LogP contribution in [0.1, 0.15) is 158 Å². The molecule has 0 N–H and O–H groups in total. The Hall–Kier alpha value is -8.81. The molecule has 15 aromatic rings. The fourth-order valence-electron chi connectivity index (χ4n) is 14.5. The molecule has 0 amide bonds. The van der Waals surface area contributed by atoms with Crippen LogP contribution in [-0.4, -0.2) is 18.1 Å². The molecule has 0 bridgehead atoms. The molecule has 6 aromatic heterocycles. The summed E-state index contributed by atoms with van der Waals surface area (Å²) in [6, 6.07) is 52.6. The van der Waals surface area contributed by atoms with Gasteiger partial charge in [-0.15, -0.1) is 0 Å². The van der Waals surface area contributed by atoms with Gasteiger partial charge in [-0.1, -0.05) is 161 Å². The molecule has 6 heterocycles. The van der Waals surface area contributed by atoms with Gasteiger partial charge in [0.15, 0.2) is 16.3 Å². The van der Waals surface area contributed by atoms with Crippen LogP contribution >= 0.6 is 0 Å². The second kappa shape index (κ2) is 17.7. The van der Waals surface area contributed by atoms with Crippen LogP contribution in [0.3, 0.4) is 0 Å². The standard InChI is InChI=1S/C81H78N4O3/c1-76(2,3)43-19-25-64-52(31-43)53-32-44(77(4,5)6)20-26-65(53)82(64)49-37-58-70-59(38-49)74(87)61-40-51(84-68-29-23-47(80(13,14)15)35-56(68)57-36-48(81(16,17)18)24-30-69(57)84)42-63-72(61)85(70)71-60(73(58)86)39-50(41-62(71)75(63)88)83-66-27-21-45(78(7,8)9)33-54(66)55-34-46(79(10,11)12)22-28-67(55)83/h19-42H,1-18H3. The molecular formula is C81H78N4O3. The van der Waals surface area contributed by atoms with Gasteiger partial charge >= 0.3 is 0 Å². The molecular weight excluding hydrogens is 1080 g/mol. The summed E-state index contributed by atoms with van der Waals surface area (Å²) in [6.07, 6.45) is 0. The first-order valence-corrected chi connectivity index (χ1v) is 31.4. The predicted octanol–water partition coefficient (Wildman–Crippen LogP) is 20.0. The summed E-state index contributed by atoms with van der Waals surface area (Å²) in [7, 11) is 0. The van der Waals surface area contributed by atoms with Crippen LogP contribution in [-0.2, 0) is 32.5 Å². The topological polar surface area (TPSA) is 70.4 Å². The average Bonchev–Trinajstić information content (AvgIpc) is 0.727. The molecule has 0 fully saturated rings. The maximum absolute atomic E-state index is 16.3. The van der Waals surface area contributed by atoms with Gasteiger partial charge in [-0.25, -0.2) is 0 Å². The number of hydrogen-bond acceptors (Lipinski definition) is 3. The summed E-state index contributed by atoms with van der Waals surface area (Å²) < 4.78 is 8.86. The minimum absolute atomic E-state index is 0.112. The maximum Gasteiger partial charge on any atom is 0.197 e. The first-order chi connectivity index (χ1) is 41.2. The highest BCUT2D eigenvalue weighted by molar-refractivity contribution is 6.20. The molecule has 0 aliphatic rings. The van der Waals surface area contributed by atoms with Gasteiger partial charge in [0.25, 0.3) is 0 Å². The normalized spacial score (nSPS) is 13.7. The highest BCUT2D eigenvalue weighted by atomic mass is 16.1. The van der Waals surface area contributed by atoms with E-state index < -0.39 is 0 Å². The van der Waals surface area contributed by atoms with Crippen molar-refractivity contribution in [3.8, 4) is 17.1 Å². The lowest BCUT2D eigenvalue weighted by Gasteiger charge is -2.22. The number of nitrogens with zero attached hydrogens (tertiary/aromatic N) is 4. The van der Waals surface area contributed by atoms with Gasteiger partial charge in [-0.05, 0) is 175 Å². The van der Waals surface area contributed by atoms with Crippen molar-refractivity contribution in [1.29, 1.82) is 0 Å². The van der Waals surface area contributed by atoms with Crippen molar-refractivity contribution in [1.82, 2.24) is 18.1 Å². The van der Waals surface area contributed by atoms with E-state index in [1.807, 2.05) is 36.4 Å². The van der Waals surface area contributed by atoms with Crippen LogP contribution in [0.15, 0.2) is 160 Å². The van der Waals surface area contributed by atoms with Crippen LogP contribution in [0, 0.1) is 0 Å². The van der Waals surface area contributed by atoms with E-state index in [0.717, 1.165) is 65.4 Å². The SMILES string of the molecule is CC(C)(C)c1ccc2c(c1)c1cc(C(C)(C)C)ccc1n2-c1cc2c(=O)c3cc(-n4c5ccc(C(C)(C)C)cc5c5cc(C(C)(C)C)ccc54)cc4c(=O)c5cc(-n6c7ccc(C(C)(C)C)cc7c7cc(C(C)(C)C)ccc76)cc6c(=O)c(c1)c2n(c34)c65. The van der Waals surface area contributed by atoms with E-state index in [0.29, 0.717) is 65.9 Å². The summed E-state index contributed by atoms with van der Waals surface area (Å²) in [5.41, 5.74) is 15.5. The molecule has 0 spiro atoms. The maximum atomic E-state index is 16.3. The Morgan fingerprint density at radius 2 is 0.375 bits per heavy atom. The Balaban J connectivity index is 1.12. The molecule has 0 aliphatic carbocycles. The molecule has 0 saturated heterocycles. The molecule has 9 aromatic carbocycles. The van der Waals surface area contributed by atoms with Crippen molar-refractivity contribution in [2.45, 2.75) is 157 Å². The second-order valence-corrected chi connectivity index (χ2v) is 31.9. The fraction of sp³-hybridized carbons (Fsp3) is 0.296. The lowest BCUT2D eigenvalue weighted by Crippen LogP contribution is -2.20. The van der Waals surface area contributed by atoms with Crippen molar-refractivity contribution >= 4 is 114 Å². The highest BCUT2D eigenvalue weighted by Crippen LogP contribution is 2.45. The van der Waals surface area contributed by atoms with Gasteiger partial charge in [-0.2, -0.15) is 0 Å². The molecule has 0 saturated carbocycles. The first kappa shape index (κ1) is 55.7. The third-order valence-electron chi connectivity index (χ3n) is 19.7. The summed E-state index contributed by atoms with van der Waals surface area (Å²) in [6.45, 7) is 40.4. The molecule has 0 atom stereocenters. The van der Waals surface area contributed by atoms with E-state index in [1.54, 1.807) is 0 Å². The Morgan fingerprint density at radius 3 is 0.523 bits per heavy atom. The van der Waals surface area contributed by atoms with Crippen molar-refractivity contribution in [2.75, 3.05) is 0 Å². The number of aromatic nitrogens is 4. The zero-order valence-electron chi connectivity index (χ0n) is 54.4. The first-order valence-electron chi connectivity index (χ1n) is 31.4. The third-order valence-corrected chi connectivity index (χ3v) is 19.7. The average molecular weight is 1160 g/mol. The van der Waals surface area contributed by atoms with Crippen molar-refractivity contribution < 1.29 is 0 Å². The number of benzene rings is 9. The number of fused-ring (bicyclic) bond motifs is 9. The zero-order chi connectivity index (χ0) is 62.3. The Kier molecular flexibility index (Phi) is 11.2.